The minimum absolute atomic E-state index is 0.0629. The van der Waals surface area contributed by atoms with Crippen LogP contribution < -0.4 is 9.47 Å². The third kappa shape index (κ3) is 4.63. The molecule has 0 bridgehead atoms. The van der Waals surface area contributed by atoms with Crippen molar-refractivity contribution in [2.45, 2.75) is 83.0 Å². The molecular weight excluding hydrogens is 334 g/mol. The molecule has 0 aliphatic heterocycles. The molecule has 26 heavy (non-hydrogen) atoms. The van der Waals surface area contributed by atoms with Gasteiger partial charge in [-0.15, -0.1) is 0 Å². The molecule has 1 unspecified atom stereocenters. The smallest absolute Gasteiger partial charge is 0.331 e. The Morgan fingerprint density at radius 2 is 1.62 bits per heavy atom. The van der Waals surface area contributed by atoms with Crippen molar-refractivity contribution in [3.05, 3.63) is 11.9 Å². The molecule has 3 rings (SSSR count). The van der Waals surface area contributed by atoms with E-state index in [-0.39, 0.29) is 18.0 Å². The van der Waals surface area contributed by atoms with Gasteiger partial charge in [-0.05, 0) is 59.3 Å². The number of nitriles is 1. The second kappa shape index (κ2) is 7.48. The molecule has 7 heteroatoms. The highest BCUT2D eigenvalue weighted by Crippen LogP contribution is 2.30. The van der Waals surface area contributed by atoms with Crippen molar-refractivity contribution < 1.29 is 19.0 Å². The quantitative estimate of drug-likeness (QED) is 0.719. The van der Waals surface area contributed by atoms with E-state index in [0.717, 1.165) is 38.5 Å². The van der Waals surface area contributed by atoms with Crippen molar-refractivity contribution in [1.82, 2.24) is 9.97 Å². The molecule has 1 atom stereocenters. The molecule has 0 amide bonds. The van der Waals surface area contributed by atoms with Crippen LogP contribution in [-0.2, 0) is 9.53 Å². The molecule has 0 aromatic carbocycles. The van der Waals surface area contributed by atoms with Gasteiger partial charge in [0, 0.05) is 0 Å². The van der Waals surface area contributed by atoms with Crippen LogP contribution >= 0.6 is 0 Å². The highest BCUT2D eigenvalue weighted by Gasteiger charge is 2.31. The van der Waals surface area contributed by atoms with Crippen LogP contribution in [0.1, 0.15) is 71.0 Å². The van der Waals surface area contributed by atoms with Gasteiger partial charge in [-0.2, -0.15) is 15.2 Å². The molecule has 2 aliphatic rings. The van der Waals surface area contributed by atoms with E-state index >= 15 is 0 Å². The predicted molar refractivity (Wildman–Crippen MR) is 92.8 cm³/mol. The third-order valence-electron chi connectivity index (χ3n) is 4.41. The molecule has 2 fully saturated rings. The molecular formula is C19H25N3O4. The number of ether oxygens (including phenoxy) is 3. The molecule has 0 radical (unpaired) electrons. The normalized spacial score (nSPS) is 18.8. The summed E-state index contributed by atoms with van der Waals surface area (Å²) in [5.74, 6) is -1.14. The first-order chi connectivity index (χ1) is 12.3. The monoisotopic (exact) mass is 359 g/mol. The molecule has 7 nitrogen and oxygen atoms in total. The summed E-state index contributed by atoms with van der Waals surface area (Å²) in [4.78, 5) is 21.0. The summed E-state index contributed by atoms with van der Waals surface area (Å²) in [5.41, 5.74) is -0.697. The molecule has 2 saturated carbocycles. The molecule has 0 N–H and O–H groups in total. The van der Waals surface area contributed by atoms with Crippen molar-refractivity contribution in [2.75, 3.05) is 0 Å². The van der Waals surface area contributed by atoms with E-state index in [2.05, 4.69) is 9.97 Å². The van der Waals surface area contributed by atoms with Gasteiger partial charge in [0.1, 0.15) is 17.8 Å². The lowest BCUT2D eigenvalue weighted by atomic mass is 9.96. The van der Waals surface area contributed by atoms with Crippen LogP contribution in [-0.4, -0.2) is 33.7 Å². The van der Waals surface area contributed by atoms with E-state index in [9.17, 15) is 10.1 Å². The lowest BCUT2D eigenvalue weighted by Gasteiger charge is -2.28. The summed E-state index contributed by atoms with van der Waals surface area (Å²) in [6.45, 7) is 5.25. The van der Waals surface area contributed by atoms with Crippen LogP contribution in [0.15, 0.2) is 6.07 Å². The minimum atomic E-state index is -1.22. The van der Waals surface area contributed by atoms with Crippen LogP contribution in [0.3, 0.4) is 0 Å². The van der Waals surface area contributed by atoms with Crippen molar-refractivity contribution in [3.8, 4) is 17.8 Å². The van der Waals surface area contributed by atoms with Gasteiger partial charge in [-0.25, -0.2) is 0 Å². The number of esters is 1. The van der Waals surface area contributed by atoms with Gasteiger partial charge < -0.3 is 14.2 Å². The Morgan fingerprint density at radius 1 is 1.12 bits per heavy atom. The van der Waals surface area contributed by atoms with E-state index in [1.165, 1.54) is 0 Å². The van der Waals surface area contributed by atoms with Gasteiger partial charge in [0.05, 0.1) is 12.1 Å². The topological polar surface area (TPSA) is 94.3 Å². The standard InChI is InChI=1S/C19H25N3O4/c1-19(2,3)26-18(23)14(11-20)17-21-15(24-12-6-4-7-12)10-16(22-17)25-13-8-5-9-13/h10,12-14H,4-9H2,1-3H3. The first-order valence-electron chi connectivity index (χ1n) is 9.19. The fraction of sp³-hybridized carbons (Fsp3) is 0.684. The lowest BCUT2D eigenvalue weighted by molar-refractivity contribution is -0.155. The summed E-state index contributed by atoms with van der Waals surface area (Å²) < 4.78 is 17.0. The lowest BCUT2D eigenvalue weighted by Crippen LogP contribution is -2.29. The number of rotatable bonds is 6. The highest BCUT2D eigenvalue weighted by molar-refractivity contribution is 5.80. The largest absolute Gasteiger partial charge is 0.474 e. The Hall–Kier alpha value is -2.36. The number of hydrogen-bond donors (Lipinski definition) is 0. The number of aromatic nitrogens is 2. The molecule has 2 aliphatic carbocycles. The number of carbonyl (C=O) groups is 1. The number of nitrogens with zero attached hydrogens (tertiary/aromatic N) is 3. The van der Waals surface area contributed by atoms with Crippen molar-refractivity contribution in [2.24, 2.45) is 0 Å². The minimum Gasteiger partial charge on any atom is -0.474 e. The Labute approximate surface area is 153 Å². The summed E-state index contributed by atoms with van der Waals surface area (Å²) in [6.07, 6.45) is 6.42. The fourth-order valence-electron chi connectivity index (χ4n) is 2.57. The van der Waals surface area contributed by atoms with E-state index in [1.54, 1.807) is 26.8 Å². The molecule has 0 spiro atoms. The Bertz CT molecular complexity index is 665. The third-order valence-corrected chi connectivity index (χ3v) is 4.41. The number of carbonyl (C=O) groups excluding carboxylic acids is 1. The molecule has 1 heterocycles. The average Bonchev–Trinajstić information content (AvgIpc) is 2.46. The van der Waals surface area contributed by atoms with E-state index < -0.39 is 17.5 Å². The van der Waals surface area contributed by atoms with Crippen molar-refractivity contribution >= 4 is 5.97 Å². The second-order valence-electron chi connectivity index (χ2n) is 7.84. The number of hydrogen-bond acceptors (Lipinski definition) is 7. The van der Waals surface area contributed by atoms with Gasteiger partial charge in [-0.3, -0.25) is 4.79 Å². The maximum atomic E-state index is 12.4. The van der Waals surface area contributed by atoms with Crippen LogP contribution in [0.2, 0.25) is 0 Å². The van der Waals surface area contributed by atoms with E-state index in [1.807, 2.05) is 6.07 Å². The highest BCUT2D eigenvalue weighted by atomic mass is 16.6. The Kier molecular flexibility index (Phi) is 5.30. The molecule has 1 aromatic heterocycles. The predicted octanol–water partition coefficient (Wildman–Crippen LogP) is 3.29. The second-order valence-corrected chi connectivity index (χ2v) is 7.84. The zero-order chi connectivity index (χ0) is 18.7. The zero-order valence-electron chi connectivity index (χ0n) is 15.5. The fourth-order valence-corrected chi connectivity index (χ4v) is 2.57. The summed E-state index contributed by atoms with van der Waals surface area (Å²) >= 11 is 0. The van der Waals surface area contributed by atoms with Gasteiger partial charge in [-0.1, -0.05) is 0 Å². The van der Waals surface area contributed by atoms with E-state index in [4.69, 9.17) is 14.2 Å². The maximum Gasteiger partial charge on any atom is 0.331 e. The van der Waals surface area contributed by atoms with Crippen LogP contribution in [0.25, 0.3) is 0 Å². The molecule has 1 aromatic rings. The van der Waals surface area contributed by atoms with Crippen molar-refractivity contribution in [3.63, 3.8) is 0 Å². The van der Waals surface area contributed by atoms with Gasteiger partial charge in [0.25, 0.3) is 0 Å². The van der Waals surface area contributed by atoms with Crippen LogP contribution in [0.4, 0.5) is 0 Å². The SMILES string of the molecule is CC(C)(C)OC(=O)C(C#N)c1nc(OC2CCC2)cc(OC2CCC2)n1. The zero-order valence-corrected chi connectivity index (χ0v) is 15.5. The summed E-state index contributed by atoms with van der Waals surface area (Å²) in [6, 6.07) is 3.59. The maximum absolute atomic E-state index is 12.4. The molecule has 140 valence electrons. The van der Waals surface area contributed by atoms with Gasteiger partial charge in [0.15, 0.2) is 5.82 Å². The summed E-state index contributed by atoms with van der Waals surface area (Å²) in [5, 5.41) is 9.49. The van der Waals surface area contributed by atoms with E-state index in [0.29, 0.717) is 11.8 Å². The average molecular weight is 359 g/mol. The van der Waals surface area contributed by atoms with Crippen LogP contribution in [0, 0.1) is 11.3 Å². The van der Waals surface area contributed by atoms with Gasteiger partial charge >= 0.3 is 5.97 Å². The molecule has 0 saturated heterocycles. The van der Waals surface area contributed by atoms with Crippen LogP contribution in [0.5, 0.6) is 11.8 Å². The Balaban J connectivity index is 1.84. The first-order valence-corrected chi connectivity index (χ1v) is 9.19. The Morgan fingerprint density at radius 3 is 1.96 bits per heavy atom. The summed E-state index contributed by atoms with van der Waals surface area (Å²) in [7, 11) is 0. The first kappa shape index (κ1) is 18.4. The van der Waals surface area contributed by atoms with Gasteiger partial charge in [0.2, 0.25) is 17.7 Å². The van der Waals surface area contributed by atoms with Crippen molar-refractivity contribution in [1.29, 1.82) is 5.26 Å².